The minimum Gasteiger partial charge on any atom is -0.306 e. The minimum atomic E-state index is 0.229. The predicted octanol–water partition coefficient (Wildman–Crippen LogP) is 8.31. The maximum atomic E-state index is 10.0. The van der Waals surface area contributed by atoms with Crippen molar-refractivity contribution in [2.75, 3.05) is 0 Å². The molecule has 0 fully saturated rings. The van der Waals surface area contributed by atoms with E-state index in [0.29, 0.717) is 5.56 Å². The van der Waals surface area contributed by atoms with Gasteiger partial charge in [-0.3, -0.25) is 4.98 Å². The minimum absolute atomic E-state index is 0.229. The van der Waals surface area contributed by atoms with E-state index in [2.05, 4.69) is 86.7 Å². The second-order valence-electron chi connectivity index (χ2n) is 11.1. The van der Waals surface area contributed by atoms with Gasteiger partial charge in [0.2, 0.25) is 0 Å². The lowest BCUT2D eigenvalue weighted by Crippen LogP contribution is -2.09. The van der Waals surface area contributed by atoms with Gasteiger partial charge < -0.3 is 4.40 Å². The molecule has 4 aromatic carbocycles. The van der Waals surface area contributed by atoms with Crippen LogP contribution in [0, 0.1) is 23.7 Å². The molecular formula is C32H25N3. The van der Waals surface area contributed by atoms with Gasteiger partial charge in [-0.25, -0.2) is 0 Å². The van der Waals surface area contributed by atoms with Gasteiger partial charge in [0.15, 0.2) is 0 Å². The zero-order valence-corrected chi connectivity index (χ0v) is 20.4. The summed E-state index contributed by atoms with van der Waals surface area (Å²) in [6.45, 7) is 9.06. The summed E-state index contributed by atoms with van der Waals surface area (Å²) in [5.41, 5.74) is 7.82. The Labute approximate surface area is 203 Å². The fraction of sp³-hybridized carbons (Fsp3) is 0.188. The van der Waals surface area contributed by atoms with Crippen LogP contribution in [0.25, 0.3) is 59.8 Å². The molecule has 0 radical (unpaired) electrons. The number of aromatic nitrogens is 2. The van der Waals surface area contributed by atoms with Crippen LogP contribution in [0.5, 0.6) is 0 Å². The Morgan fingerprint density at radius 2 is 1.63 bits per heavy atom. The highest BCUT2D eigenvalue weighted by Gasteiger charge is 2.22. The van der Waals surface area contributed by atoms with E-state index in [1.807, 2.05) is 18.3 Å². The standard InChI is InChI=1S/C32H25N3/c1-18-23-10-8-19(16-32(2,3)4)14-22(23)15-26-28-27-20(12-13-34-28)9-11-25-24-7-5-6-21(17-33)30(24)35(29(18)26)31(25)27/h5-15H,16H2,1-4H3. The third-order valence-electron chi connectivity index (χ3n) is 7.44. The van der Waals surface area contributed by atoms with Crippen LogP contribution in [0.1, 0.15) is 37.5 Å². The van der Waals surface area contributed by atoms with E-state index in [-0.39, 0.29) is 5.41 Å². The Kier molecular flexibility index (Phi) is 3.88. The van der Waals surface area contributed by atoms with Crippen molar-refractivity contribution in [2.45, 2.75) is 34.1 Å². The van der Waals surface area contributed by atoms with Gasteiger partial charge in [0.05, 0.1) is 27.6 Å². The molecule has 0 saturated carbocycles. The lowest BCUT2D eigenvalue weighted by Gasteiger charge is -2.19. The van der Waals surface area contributed by atoms with Crippen LogP contribution >= 0.6 is 0 Å². The van der Waals surface area contributed by atoms with E-state index in [9.17, 15) is 5.26 Å². The Hall–Kier alpha value is -4.16. The molecule has 0 atom stereocenters. The second kappa shape index (κ2) is 6.71. The molecule has 3 aromatic heterocycles. The second-order valence-corrected chi connectivity index (χ2v) is 11.1. The number of hydrogen-bond donors (Lipinski definition) is 0. The van der Waals surface area contributed by atoms with Crippen LogP contribution in [0.15, 0.2) is 66.9 Å². The summed E-state index contributed by atoms with van der Waals surface area (Å²) in [4.78, 5) is 4.93. The number of benzene rings is 4. The first-order valence-electron chi connectivity index (χ1n) is 12.2. The van der Waals surface area contributed by atoms with Crippen molar-refractivity contribution in [2.24, 2.45) is 5.41 Å². The summed E-state index contributed by atoms with van der Waals surface area (Å²) < 4.78 is 2.34. The van der Waals surface area contributed by atoms with Crippen molar-refractivity contribution in [3.63, 3.8) is 0 Å². The first-order valence-corrected chi connectivity index (χ1v) is 12.2. The average molecular weight is 452 g/mol. The number of nitrogens with zero attached hydrogens (tertiary/aromatic N) is 3. The Balaban J connectivity index is 1.77. The molecule has 168 valence electrons. The van der Waals surface area contributed by atoms with Crippen molar-refractivity contribution >= 4 is 59.8 Å². The molecule has 3 heterocycles. The fourth-order valence-electron chi connectivity index (χ4n) is 6.15. The van der Waals surface area contributed by atoms with Crippen LogP contribution in [-0.2, 0) is 6.42 Å². The van der Waals surface area contributed by atoms with Crippen molar-refractivity contribution < 1.29 is 0 Å². The van der Waals surface area contributed by atoms with Gasteiger partial charge in [0.1, 0.15) is 6.07 Å². The first kappa shape index (κ1) is 20.2. The zero-order chi connectivity index (χ0) is 24.1. The van der Waals surface area contributed by atoms with Gasteiger partial charge in [0, 0.05) is 27.7 Å². The van der Waals surface area contributed by atoms with Crippen molar-refractivity contribution in [1.29, 1.82) is 5.26 Å². The maximum absolute atomic E-state index is 10.0. The van der Waals surface area contributed by atoms with E-state index in [0.717, 1.165) is 39.3 Å². The molecule has 0 aliphatic rings. The van der Waals surface area contributed by atoms with E-state index >= 15 is 0 Å². The van der Waals surface area contributed by atoms with E-state index in [1.165, 1.54) is 38.1 Å². The molecule has 35 heavy (non-hydrogen) atoms. The van der Waals surface area contributed by atoms with Gasteiger partial charge in [-0.05, 0) is 64.2 Å². The van der Waals surface area contributed by atoms with Crippen molar-refractivity contribution in [3.8, 4) is 6.07 Å². The molecule has 7 rings (SSSR count). The number of para-hydroxylation sites is 1. The number of fused-ring (bicyclic) bond motifs is 7. The third kappa shape index (κ3) is 2.68. The number of hydrogen-bond acceptors (Lipinski definition) is 2. The van der Waals surface area contributed by atoms with E-state index < -0.39 is 0 Å². The molecule has 0 saturated heterocycles. The lowest BCUT2D eigenvalue weighted by atomic mass is 9.87. The molecule has 0 amide bonds. The molecule has 3 nitrogen and oxygen atoms in total. The van der Waals surface area contributed by atoms with Crippen LogP contribution in [0.4, 0.5) is 0 Å². The molecule has 7 aromatic rings. The smallest absolute Gasteiger partial charge is 0.101 e. The van der Waals surface area contributed by atoms with Crippen LogP contribution in [0.3, 0.4) is 0 Å². The summed E-state index contributed by atoms with van der Waals surface area (Å²) >= 11 is 0. The van der Waals surface area contributed by atoms with Gasteiger partial charge >= 0.3 is 0 Å². The first-order chi connectivity index (χ1) is 16.9. The molecule has 3 heteroatoms. The SMILES string of the molecule is Cc1c2ccc(CC(C)(C)C)cc2cc2c3nccc4ccc5c6cccc(C#N)c6n(c12)c5c43. The zero-order valence-electron chi connectivity index (χ0n) is 20.4. The maximum Gasteiger partial charge on any atom is 0.101 e. The molecule has 0 spiro atoms. The molecular weight excluding hydrogens is 426 g/mol. The highest BCUT2D eigenvalue weighted by Crippen LogP contribution is 2.43. The van der Waals surface area contributed by atoms with Gasteiger partial charge in [-0.1, -0.05) is 63.2 Å². The largest absolute Gasteiger partial charge is 0.306 e. The van der Waals surface area contributed by atoms with E-state index in [4.69, 9.17) is 4.98 Å². The highest BCUT2D eigenvalue weighted by molar-refractivity contribution is 6.29. The quantitative estimate of drug-likeness (QED) is 0.186. The molecule has 0 aliphatic carbocycles. The lowest BCUT2D eigenvalue weighted by molar-refractivity contribution is 0.411. The topological polar surface area (TPSA) is 41.1 Å². The average Bonchev–Trinajstić information content (AvgIpc) is 3.17. The molecule has 0 aliphatic heterocycles. The molecule has 0 unspecified atom stereocenters. The number of rotatable bonds is 1. The van der Waals surface area contributed by atoms with Gasteiger partial charge in [-0.15, -0.1) is 0 Å². The van der Waals surface area contributed by atoms with Crippen molar-refractivity contribution in [3.05, 3.63) is 83.6 Å². The van der Waals surface area contributed by atoms with Gasteiger partial charge in [-0.2, -0.15) is 5.26 Å². The van der Waals surface area contributed by atoms with Crippen LogP contribution in [0.2, 0.25) is 0 Å². The summed E-state index contributed by atoms with van der Waals surface area (Å²) in [5.74, 6) is 0. The van der Waals surface area contributed by atoms with Gasteiger partial charge in [0.25, 0.3) is 0 Å². The highest BCUT2D eigenvalue weighted by atomic mass is 14.9. The Morgan fingerprint density at radius 1 is 0.829 bits per heavy atom. The summed E-state index contributed by atoms with van der Waals surface area (Å²) in [5, 5.41) is 18.3. The predicted molar refractivity (Wildman–Crippen MR) is 147 cm³/mol. The molecule has 0 N–H and O–H groups in total. The number of pyridine rings is 2. The Morgan fingerprint density at radius 3 is 2.43 bits per heavy atom. The monoisotopic (exact) mass is 451 g/mol. The number of aryl methyl sites for hydroxylation is 1. The summed E-state index contributed by atoms with van der Waals surface area (Å²) in [6, 6.07) is 24.2. The van der Waals surface area contributed by atoms with Crippen molar-refractivity contribution in [1.82, 2.24) is 9.38 Å². The third-order valence-corrected chi connectivity index (χ3v) is 7.44. The number of nitriles is 1. The Bertz CT molecular complexity index is 2030. The summed E-state index contributed by atoms with van der Waals surface area (Å²) in [6.07, 6.45) is 2.95. The van der Waals surface area contributed by atoms with Crippen LogP contribution in [-0.4, -0.2) is 9.38 Å². The van der Waals surface area contributed by atoms with E-state index in [1.54, 1.807) is 0 Å². The van der Waals surface area contributed by atoms with Crippen LogP contribution < -0.4 is 0 Å². The normalized spacial score (nSPS) is 12.7. The summed E-state index contributed by atoms with van der Waals surface area (Å²) in [7, 11) is 0. The molecule has 0 bridgehead atoms. The fourth-order valence-corrected chi connectivity index (χ4v) is 6.15.